The van der Waals surface area contributed by atoms with Crippen molar-refractivity contribution in [3.05, 3.63) is 34.9 Å². The van der Waals surface area contributed by atoms with E-state index in [0.717, 1.165) is 12.8 Å². The number of amides is 2. The highest BCUT2D eigenvalue weighted by atomic mass is 35.5. The first kappa shape index (κ1) is 13.9. The Bertz CT molecular complexity index is 465. The van der Waals surface area contributed by atoms with Crippen molar-refractivity contribution < 1.29 is 9.59 Å². The lowest BCUT2D eigenvalue weighted by atomic mass is 9.95. The summed E-state index contributed by atoms with van der Waals surface area (Å²) in [5, 5.41) is 3.28. The van der Waals surface area contributed by atoms with Gasteiger partial charge in [-0.2, -0.15) is 0 Å². The van der Waals surface area contributed by atoms with Crippen LogP contribution in [0, 0.1) is 5.92 Å². The molecule has 1 heterocycles. The molecule has 4 nitrogen and oxygen atoms in total. The molecule has 2 amide bonds. The van der Waals surface area contributed by atoms with Crippen LogP contribution >= 0.6 is 11.6 Å². The number of nitrogens with one attached hydrogen (secondary N) is 1. The molecule has 0 bridgehead atoms. The van der Waals surface area contributed by atoms with Crippen LogP contribution in [-0.4, -0.2) is 36.9 Å². The van der Waals surface area contributed by atoms with Crippen LogP contribution in [0.5, 0.6) is 0 Å². The highest BCUT2D eigenvalue weighted by Gasteiger charge is 2.27. The van der Waals surface area contributed by atoms with E-state index >= 15 is 0 Å². The number of hydrogen-bond donors (Lipinski definition) is 1. The fraction of sp³-hybridized carbons (Fsp3) is 0.429. The van der Waals surface area contributed by atoms with E-state index in [0.29, 0.717) is 23.7 Å². The summed E-state index contributed by atoms with van der Waals surface area (Å²) in [5.41, 5.74) is 0.641. The van der Waals surface area contributed by atoms with E-state index in [1.165, 1.54) is 0 Å². The maximum Gasteiger partial charge on any atom is 0.253 e. The smallest absolute Gasteiger partial charge is 0.253 e. The zero-order valence-corrected chi connectivity index (χ0v) is 11.6. The molecule has 5 heteroatoms. The predicted molar refractivity (Wildman–Crippen MR) is 74.1 cm³/mol. The van der Waals surface area contributed by atoms with Gasteiger partial charge in [-0.15, -0.1) is 0 Å². The third-order valence-electron chi connectivity index (χ3n) is 3.49. The van der Waals surface area contributed by atoms with Gasteiger partial charge in [0.15, 0.2) is 0 Å². The zero-order chi connectivity index (χ0) is 13.8. The Morgan fingerprint density at radius 2 is 1.79 bits per heavy atom. The summed E-state index contributed by atoms with van der Waals surface area (Å²) in [7, 11) is 1.65. The second-order valence-electron chi connectivity index (χ2n) is 4.69. The molecule has 0 aliphatic carbocycles. The standard InChI is InChI=1S/C14H17ClN2O2/c1-16-13(18)10-6-8-17(9-7-10)14(19)11-2-4-12(15)5-3-11/h2-5,10H,6-9H2,1H3,(H,16,18). The van der Waals surface area contributed by atoms with Gasteiger partial charge in [-0.3, -0.25) is 9.59 Å². The first-order valence-electron chi connectivity index (χ1n) is 6.38. The second kappa shape index (κ2) is 6.06. The van der Waals surface area contributed by atoms with Crippen molar-refractivity contribution in [3.63, 3.8) is 0 Å². The van der Waals surface area contributed by atoms with Crippen molar-refractivity contribution in [3.8, 4) is 0 Å². The van der Waals surface area contributed by atoms with Crippen molar-refractivity contribution in [2.24, 2.45) is 5.92 Å². The van der Waals surface area contributed by atoms with Crippen molar-refractivity contribution >= 4 is 23.4 Å². The van der Waals surface area contributed by atoms with Crippen LogP contribution in [0.25, 0.3) is 0 Å². The molecule has 1 aliphatic rings. The van der Waals surface area contributed by atoms with Crippen LogP contribution in [0.3, 0.4) is 0 Å². The number of nitrogens with zero attached hydrogens (tertiary/aromatic N) is 1. The van der Waals surface area contributed by atoms with E-state index in [2.05, 4.69) is 5.32 Å². The average Bonchev–Trinajstić information content (AvgIpc) is 2.46. The molecule has 1 saturated heterocycles. The molecule has 0 aromatic heterocycles. The lowest BCUT2D eigenvalue weighted by Gasteiger charge is -2.31. The van der Waals surface area contributed by atoms with Gasteiger partial charge in [-0.05, 0) is 37.1 Å². The molecule has 1 N–H and O–H groups in total. The van der Waals surface area contributed by atoms with Crippen LogP contribution in [0.2, 0.25) is 5.02 Å². The summed E-state index contributed by atoms with van der Waals surface area (Å²) in [4.78, 5) is 25.6. The molecule has 0 radical (unpaired) electrons. The topological polar surface area (TPSA) is 49.4 Å². The third kappa shape index (κ3) is 3.26. The number of carbonyl (C=O) groups is 2. The number of carbonyl (C=O) groups excluding carboxylic acids is 2. The first-order chi connectivity index (χ1) is 9.11. The van der Waals surface area contributed by atoms with Gasteiger partial charge in [0, 0.05) is 36.6 Å². The van der Waals surface area contributed by atoms with Gasteiger partial charge in [-0.25, -0.2) is 0 Å². The number of rotatable bonds is 2. The van der Waals surface area contributed by atoms with Crippen LogP contribution in [0.15, 0.2) is 24.3 Å². The van der Waals surface area contributed by atoms with Gasteiger partial charge in [0.1, 0.15) is 0 Å². The summed E-state index contributed by atoms with van der Waals surface area (Å²) in [6.45, 7) is 1.25. The number of likely N-dealkylation sites (tertiary alicyclic amines) is 1. The number of halogens is 1. The highest BCUT2D eigenvalue weighted by molar-refractivity contribution is 6.30. The number of benzene rings is 1. The minimum atomic E-state index is 0.00650. The van der Waals surface area contributed by atoms with E-state index in [-0.39, 0.29) is 17.7 Å². The SMILES string of the molecule is CNC(=O)C1CCN(C(=O)c2ccc(Cl)cc2)CC1. The van der Waals surface area contributed by atoms with Gasteiger partial charge in [0.05, 0.1) is 0 Å². The molecule has 2 rings (SSSR count). The third-order valence-corrected chi connectivity index (χ3v) is 3.74. The maximum absolute atomic E-state index is 12.2. The van der Waals surface area contributed by atoms with Gasteiger partial charge in [0.2, 0.25) is 5.91 Å². The molecule has 102 valence electrons. The Balaban J connectivity index is 1.96. The van der Waals surface area contributed by atoms with E-state index < -0.39 is 0 Å². The van der Waals surface area contributed by atoms with Crippen molar-refractivity contribution in [2.45, 2.75) is 12.8 Å². The zero-order valence-electron chi connectivity index (χ0n) is 10.9. The minimum Gasteiger partial charge on any atom is -0.359 e. The molecular weight excluding hydrogens is 264 g/mol. The quantitative estimate of drug-likeness (QED) is 0.900. The fourth-order valence-electron chi connectivity index (χ4n) is 2.32. The lowest BCUT2D eigenvalue weighted by molar-refractivity contribution is -0.125. The average molecular weight is 281 g/mol. The lowest BCUT2D eigenvalue weighted by Crippen LogP contribution is -2.42. The van der Waals surface area contributed by atoms with Gasteiger partial charge in [-0.1, -0.05) is 11.6 Å². The van der Waals surface area contributed by atoms with Crippen molar-refractivity contribution in [1.29, 1.82) is 0 Å². The van der Waals surface area contributed by atoms with E-state index in [1.807, 2.05) is 0 Å². The molecule has 1 aliphatic heterocycles. The fourth-order valence-corrected chi connectivity index (χ4v) is 2.45. The number of piperidine rings is 1. The molecule has 1 aromatic rings. The van der Waals surface area contributed by atoms with Gasteiger partial charge < -0.3 is 10.2 Å². The Hall–Kier alpha value is -1.55. The first-order valence-corrected chi connectivity index (χ1v) is 6.76. The highest BCUT2D eigenvalue weighted by Crippen LogP contribution is 2.19. The minimum absolute atomic E-state index is 0.00650. The van der Waals surface area contributed by atoms with E-state index in [4.69, 9.17) is 11.6 Å². The monoisotopic (exact) mass is 280 g/mol. The van der Waals surface area contributed by atoms with Crippen molar-refractivity contribution in [1.82, 2.24) is 10.2 Å². The van der Waals surface area contributed by atoms with Crippen LogP contribution in [0.1, 0.15) is 23.2 Å². The van der Waals surface area contributed by atoms with E-state index in [9.17, 15) is 9.59 Å². The maximum atomic E-state index is 12.2. The summed E-state index contributed by atoms with van der Waals surface area (Å²) >= 11 is 5.80. The normalized spacial score (nSPS) is 16.2. The second-order valence-corrected chi connectivity index (χ2v) is 5.12. The molecular formula is C14H17ClN2O2. The molecule has 1 fully saturated rings. The molecule has 0 spiro atoms. The van der Waals surface area contributed by atoms with E-state index in [1.54, 1.807) is 36.2 Å². The summed E-state index contributed by atoms with van der Waals surface area (Å²) in [6, 6.07) is 6.89. The van der Waals surface area contributed by atoms with Crippen molar-refractivity contribution in [2.75, 3.05) is 20.1 Å². The summed E-state index contributed by atoms with van der Waals surface area (Å²) < 4.78 is 0. The Morgan fingerprint density at radius 1 is 1.21 bits per heavy atom. The Labute approximate surface area is 117 Å². The van der Waals surface area contributed by atoms with Gasteiger partial charge in [0.25, 0.3) is 5.91 Å². The number of hydrogen-bond acceptors (Lipinski definition) is 2. The van der Waals surface area contributed by atoms with Gasteiger partial charge >= 0.3 is 0 Å². The summed E-state index contributed by atoms with van der Waals surface area (Å²) in [6.07, 6.45) is 1.44. The van der Waals surface area contributed by atoms with Crippen LogP contribution in [0.4, 0.5) is 0 Å². The molecule has 0 atom stereocenters. The molecule has 19 heavy (non-hydrogen) atoms. The summed E-state index contributed by atoms with van der Waals surface area (Å²) in [5.74, 6) is 0.102. The van der Waals surface area contributed by atoms with Crippen LogP contribution in [-0.2, 0) is 4.79 Å². The van der Waals surface area contributed by atoms with Crippen LogP contribution < -0.4 is 5.32 Å². The Kier molecular flexibility index (Phi) is 4.43. The largest absolute Gasteiger partial charge is 0.359 e. The Morgan fingerprint density at radius 3 is 2.32 bits per heavy atom. The molecule has 0 saturated carbocycles. The molecule has 0 unspecified atom stereocenters. The predicted octanol–water partition coefficient (Wildman–Crippen LogP) is 1.94. The molecule has 1 aromatic carbocycles.